The van der Waals surface area contributed by atoms with Crippen molar-refractivity contribution in [3.63, 3.8) is 0 Å². The zero-order valence-corrected chi connectivity index (χ0v) is 15.7. The molecule has 6 aromatic rings. The minimum atomic E-state index is 1.21. The number of nitrogens with zero attached hydrogens (tertiary/aromatic N) is 1. The van der Waals surface area contributed by atoms with Gasteiger partial charge in [-0.05, 0) is 51.9 Å². The summed E-state index contributed by atoms with van der Waals surface area (Å²) >= 11 is 0. The molecule has 0 radical (unpaired) electrons. The van der Waals surface area contributed by atoms with Crippen molar-refractivity contribution in [1.29, 1.82) is 0 Å². The fourth-order valence-electron chi connectivity index (χ4n) is 4.41. The van der Waals surface area contributed by atoms with E-state index in [1.54, 1.807) is 0 Å². The quantitative estimate of drug-likeness (QED) is 0.351. The Morgan fingerprint density at radius 3 is 1.93 bits per heavy atom. The summed E-state index contributed by atoms with van der Waals surface area (Å²) in [4.78, 5) is 0. The second-order valence-electron chi connectivity index (χ2n) is 7.60. The van der Waals surface area contributed by atoms with E-state index in [2.05, 4.69) is 109 Å². The van der Waals surface area contributed by atoms with Crippen LogP contribution in [0, 0.1) is 0 Å². The normalized spacial score (nSPS) is 11.7. The first kappa shape index (κ1) is 15.5. The second kappa shape index (κ2) is 5.74. The van der Waals surface area contributed by atoms with Crippen LogP contribution >= 0.6 is 0 Å². The van der Waals surface area contributed by atoms with Gasteiger partial charge in [0.1, 0.15) is 7.85 Å². The lowest BCUT2D eigenvalue weighted by Crippen LogP contribution is -2.00. The predicted octanol–water partition coefficient (Wildman–Crippen LogP) is 5.35. The first-order chi connectivity index (χ1) is 13.8. The van der Waals surface area contributed by atoms with Crippen LogP contribution in [0.1, 0.15) is 0 Å². The van der Waals surface area contributed by atoms with Crippen molar-refractivity contribution in [3.05, 3.63) is 97.1 Å². The van der Waals surface area contributed by atoms with Gasteiger partial charge in [0.05, 0.1) is 11.0 Å². The predicted molar refractivity (Wildman–Crippen MR) is 124 cm³/mol. The summed E-state index contributed by atoms with van der Waals surface area (Å²) in [5.74, 6) is 0. The Kier molecular flexibility index (Phi) is 3.18. The average Bonchev–Trinajstić information content (AvgIpc) is 3.04. The molecule has 0 amide bonds. The van der Waals surface area contributed by atoms with Crippen molar-refractivity contribution in [2.75, 3.05) is 0 Å². The molecule has 0 atom stereocenters. The lowest BCUT2D eigenvalue weighted by molar-refractivity contribution is 1.19. The Labute approximate surface area is 164 Å². The molecule has 0 N–H and O–H groups in total. The van der Waals surface area contributed by atoms with Crippen LogP contribution in [0.2, 0.25) is 0 Å². The van der Waals surface area contributed by atoms with E-state index in [9.17, 15) is 0 Å². The fourth-order valence-corrected chi connectivity index (χ4v) is 4.41. The molecular formula is C26H18BN. The molecule has 5 aromatic carbocycles. The number of hydrogen-bond acceptors (Lipinski definition) is 0. The van der Waals surface area contributed by atoms with E-state index in [1.807, 2.05) is 0 Å². The van der Waals surface area contributed by atoms with Gasteiger partial charge in [0.25, 0.3) is 0 Å². The number of aromatic nitrogens is 1. The molecular weight excluding hydrogens is 337 g/mol. The van der Waals surface area contributed by atoms with Gasteiger partial charge < -0.3 is 4.57 Å². The molecule has 0 aliphatic rings. The van der Waals surface area contributed by atoms with Gasteiger partial charge in [-0.2, -0.15) is 0 Å². The van der Waals surface area contributed by atoms with E-state index >= 15 is 0 Å². The summed E-state index contributed by atoms with van der Waals surface area (Å²) in [6.07, 6.45) is 0. The van der Waals surface area contributed by atoms with Gasteiger partial charge in [0.15, 0.2) is 0 Å². The van der Waals surface area contributed by atoms with Gasteiger partial charge in [-0.15, -0.1) is 0 Å². The zero-order chi connectivity index (χ0) is 18.7. The molecule has 0 aliphatic heterocycles. The van der Waals surface area contributed by atoms with Gasteiger partial charge in [-0.25, -0.2) is 0 Å². The molecule has 6 rings (SSSR count). The van der Waals surface area contributed by atoms with Crippen LogP contribution in [-0.2, 0) is 0 Å². The SMILES string of the molecule is Bc1ccc2c(c1)c1cc3ccccc3cc1n2-c1ccc2ccccc2c1. The van der Waals surface area contributed by atoms with Crippen molar-refractivity contribution in [2.45, 2.75) is 0 Å². The van der Waals surface area contributed by atoms with Crippen LogP contribution in [0.25, 0.3) is 49.0 Å². The summed E-state index contributed by atoms with van der Waals surface area (Å²) in [5, 5.41) is 7.72. The maximum atomic E-state index is 2.41. The Morgan fingerprint density at radius 2 is 1.14 bits per heavy atom. The Hall–Kier alpha value is -3.52. The first-order valence-electron chi connectivity index (χ1n) is 9.71. The number of benzene rings is 5. The van der Waals surface area contributed by atoms with Gasteiger partial charge >= 0.3 is 0 Å². The molecule has 1 nitrogen and oxygen atoms in total. The highest BCUT2D eigenvalue weighted by atomic mass is 15.0. The van der Waals surface area contributed by atoms with Crippen molar-refractivity contribution < 1.29 is 0 Å². The molecule has 0 fully saturated rings. The summed E-state index contributed by atoms with van der Waals surface area (Å²) in [6, 6.07) is 35.4. The van der Waals surface area contributed by atoms with Gasteiger partial charge in [0.2, 0.25) is 0 Å². The second-order valence-corrected chi connectivity index (χ2v) is 7.60. The highest BCUT2D eigenvalue weighted by Gasteiger charge is 2.13. The average molecular weight is 355 g/mol. The maximum absolute atomic E-state index is 2.41. The van der Waals surface area contributed by atoms with Crippen LogP contribution in [0.4, 0.5) is 0 Å². The molecule has 2 heteroatoms. The topological polar surface area (TPSA) is 4.93 Å². The third-order valence-electron chi connectivity index (χ3n) is 5.78. The molecule has 0 spiro atoms. The first-order valence-corrected chi connectivity index (χ1v) is 9.71. The maximum Gasteiger partial charge on any atom is 0.139 e. The highest BCUT2D eigenvalue weighted by molar-refractivity contribution is 6.34. The third-order valence-corrected chi connectivity index (χ3v) is 5.78. The Balaban J connectivity index is 1.79. The van der Waals surface area contributed by atoms with E-state index in [4.69, 9.17) is 0 Å². The molecule has 130 valence electrons. The molecule has 0 aliphatic carbocycles. The van der Waals surface area contributed by atoms with E-state index in [0.29, 0.717) is 0 Å². The van der Waals surface area contributed by atoms with Gasteiger partial charge in [-0.1, -0.05) is 72.2 Å². The summed E-state index contributed by atoms with van der Waals surface area (Å²) in [7, 11) is 2.17. The molecule has 28 heavy (non-hydrogen) atoms. The molecule has 0 bridgehead atoms. The van der Waals surface area contributed by atoms with Crippen LogP contribution in [0.15, 0.2) is 97.1 Å². The molecule has 0 saturated carbocycles. The Bertz CT molecular complexity index is 1520. The van der Waals surface area contributed by atoms with Crippen molar-refractivity contribution in [2.24, 2.45) is 0 Å². The lowest BCUT2D eigenvalue weighted by Gasteiger charge is -2.10. The summed E-state index contributed by atoms with van der Waals surface area (Å²) in [5.41, 5.74) is 5.01. The standard InChI is InChI=1S/C26H18BN/c27-21-10-12-25-24(16-21)23-14-19-7-3-4-8-20(19)15-26(23)28(25)22-11-9-17-5-1-2-6-18(17)13-22/h1-16H,27H2. The van der Waals surface area contributed by atoms with Gasteiger partial charge in [0, 0.05) is 16.5 Å². The number of rotatable bonds is 1. The lowest BCUT2D eigenvalue weighted by atomic mass is 9.94. The minimum absolute atomic E-state index is 1.21. The molecule has 0 unspecified atom stereocenters. The number of hydrogen-bond donors (Lipinski definition) is 0. The third kappa shape index (κ3) is 2.21. The van der Waals surface area contributed by atoms with Crippen molar-refractivity contribution >= 4 is 56.7 Å². The molecule has 0 saturated heterocycles. The smallest absolute Gasteiger partial charge is 0.139 e. The van der Waals surface area contributed by atoms with E-state index < -0.39 is 0 Å². The van der Waals surface area contributed by atoms with Crippen molar-refractivity contribution in [1.82, 2.24) is 4.57 Å². The fraction of sp³-hybridized carbons (Fsp3) is 0. The van der Waals surface area contributed by atoms with E-state index in [1.165, 1.54) is 54.5 Å². The summed E-state index contributed by atoms with van der Waals surface area (Å²) in [6.45, 7) is 0. The molecule has 1 heterocycles. The summed E-state index contributed by atoms with van der Waals surface area (Å²) < 4.78 is 2.41. The van der Waals surface area contributed by atoms with Crippen LogP contribution in [0.3, 0.4) is 0 Å². The van der Waals surface area contributed by atoms with Crippen molar-refractivity contribution in [3.8, 4) is 5.69 Å². The minimum Gasteiger partial charge on any atom is -0.309 e. The highest BCUT2D eigenvalue weighted by Crippen LogP contribution is 2.35. The monoisotopic (exact) mass is 355 g/mol. The van der Waals surface area contributed by atoms with Crippen LogP contribution < -0.4 is 5.46 Å². The van der Waals surface area contributed by atoms with Gasteiger partial charge in [-0.3, -0.25) is 0 Å². The Morgan fingerprint density at radius 1 is 0.500 bits per heavy atom. The molecule has 1 aromatic heterocycles. The van der Waals surface area contributed by atoms with E-state index in [-0.39, 0.29) is 0 Å². The van der Waals surface area contributed by atoms with E-state index in [0.717, 1.165) is 0 Å². The van der Waals surface area contributed by atoms with Crippen LogP contribution in [0.5, 0.6) is 0 Å². The number of fused-ring (bicyclic) bond motifs is 5. The largest absolute Gasteiger partial charge is 0.309 e. The van der Waals surface area contributed by atoms with Crippen LogP contribution in [-0.4, -0.2) is 12.4 Å². The zero-order valence-electron chi connectivity index (χ0n) is 15.7.